The lowest BCUT2D eigenvalue weighted by Gasteiger charge is -2.28. The van der Waals surface area contributed by atoms with Crippen LogP contribution in [-0.4, -0.2) is 37.5 Å². The smallest absolute Gasteiger partial charge is 0.244 e. The van der Waals surface area contributed by atoms with Crippen LogP contribution in [0.15, 0.2) is 30.3 Å². The Kier molecular flexibility index (Phi) is 2.96. The lowest BCUT2D eigenvalue weighted by atomic mass is 9.87. The summed E-state index contributed by atoms with van der Waals surface area (Å²) in [5.41, 5.74) is 0.978. The second kappa shape index (κ2) is 4.15. The van der Waals surface area contributed by atoms with Gasteiger partial charge in [0.05, 0.1) is 6.04 Å². The maximum atomic E-state index is 12.4. The van der Waals surface area contributed by atoms with Gasteiger partial charge in [-0.2, -0.15) is 0 Å². The third kappa shape index (κ3) is 2.07. The molecule has 0 aromatic heterocycles. The number of nitrogens with zero attached hydrogens (tertiary/aromatic N) is 2. The van der Waals surface area contributed by atoms with Gasteiger partial charge in [0.15, 0.2) is 0 Å². The van der Waals surface area contributed by atoms with Crippen molar-refractivity contribution in [3.63, 3.8) is 0 Å². The first-order chi connectivity index (χ1) is 7.93. The first-order valence-electron chi connectivity index (χ1n) is 5.96. The van der Waals surface area contributed by atoms with Crippen molar-refractivity contribution in [2.45, 2.75) is 19.9 Å². The molecule has 0 spiro atoms. The van der Waals surface area contributed by atoms with E-state index < -0.39 is 0 Å². The number of anilines is 1. The van der Waals surface area contributed by atoms with Crippen molar-refractivity contribution in [2.24, 2.45) is 5.41 Å². The molecule has 0 N–H and O–H groups in total. The summed E-state index contributed by atoms with van der Waals surface area (Å²) in [6.07, 6.45) is 0. The quantitative estimate of drug-likeness (QED) is 0.778. The minimum absolute atomic E-state index is 0.0174. The van der Waals surface area contributed by atoms with Crippen LogP contribution in [0, 0.1) is 5.41 Å². The predicted molar refractivity (Wildman–Crippen MR) is 70.1 cm³/mol. The molecule has 1 aliphatic rings. The zero-order valence-electron chi connectivity index (χ0n) is 11.0. The Morgan fingerprint density at radius 2 is 1.82 bits per heavy atom. The molecule has 0 saturated carbocycles. The van der Waals surface area contributed by atoms with Gasteiger partial charge in [-0.15, -0.1) is 0 Å². The minimum atomic E-state index is -0.0392. The number of hydrogen-bond acceptors (Lipinski definition) is 2. The number of amides is 1. The summed E-state index contributed by atoms with van der Waals surface area (Å²) in [5.74, 6) is 0.200. The second-order valence-corrected chi connectivity index (χ2v) is 5.61. The van der Waals surface area contributed by atoms with Gasteiger partial charge in [0.1, 0.15) is 0 Å². The molecule has 2 rings (SSSR count). The molecular weight excluding hydrogens is 212 g/mol. The van der Waals surface area contributed by atoms with Crippen LogP contribution in [0.25, 0.3) is 0 Å². The fourth-order valence-electron chi connectivity index (χ4n) is 2.80. The average molecular weight is 232 g/mol. The lowest BCUT2D eigenvalue weighted by molar-refractivity contribution is -0.122. The SMILES string of the molecule is CN(C)[C@H]1C(=O)N(c2ccccc2)CC1(C)C. The van der Waals surface area contributed by atoms with Crippen molar-refractivity contribution in [3.05, 3.63) is 30.3 Å². The molecule has 1 saturated heterocycles. The number of carbonyl (C=O) groups excluding carboxylic acids is 1. The number of para-hydroxylation sites is 1. The third-order valence-electron chi connectivity index (χ3n) is 3.39. The highest BCUT2D eigenvalue weighted by molar-refractivity contribution is 6.00. The van der Waals surface area contributed by atoms with E-state index in [-0.39, 0.29) is 17.4 Å². The molecule has 3 nitrogen and oxygen atoms in total. The van der Waals surface area contributed by atoms with Crippen molar-refractivity contribution in [2.75, 3.05) is 25.5 Å². The Hall–Kier alpha value is -1.35. The topological polar surface area (TPSA) is 23.6 Å². The molecule has 0 unspecified atom stereocenters. The van der Waals surface area contributed by atoms with E-state index in [1.54, 1.807) is 0 Å². The fourth-order valence-corrected chi connectivity index (χ4v) is 2.80. The van der Waals surface area contributed by atoms with Crippen LogP contribution in [0.2, 0.25) is 0 Å². The molecule has 17 heavy (non-hydrogen) atoms. The van der Waals surface area contributed by atoms with Crippen LogP contribution >= 0.6 is 0 Å². The molecule has 3 heteroatoms. The van der Waals surface area contributed by atoms with Crippen LogP contribution in [0.1, 0.15) is 13.8 Å². The van der Waals surface area contributed by atoms with E-state index in [0.717, 1.165) is 12.2 Å². The summed E-state index contributed by atoms with van der Waals surface area (Å²) in [4.78, 5) is 16.4. The molecule has 92 valence electrons. The first-order valence-corrected chi connectivity index (χ1v) is 5.96. The Balaban J connectivity index is 2.33. The van der Waals surface area contributed by atoms with E-state index in [1.165, 1.54) is 0 Å². The second-order valence-electron chi connectivity index (χ2n) is 5.61. The maximum absolute atomic E-state index is 12.4. The molecule has 1 aromatic rings. The van der Waals surface area contributed by atoms with Crippen molar-refractivity contribution in [3.8, 4) is 0 Å². The first kappa shape index (κ1) is 12.1. The Bertz CT molecular complexity index is 411. The summed E-state index contributed by atoms with van der Waals surface area (Å²) >= 11 is 0. The molecule has 1 amide bonds. The third-order valence-corrected chi connectivity index (χ3v) is 3.39. The Morgan fingerprint density at radius 3 is 2.29 bits per heavy atom. The lowest BCUT2D eigenvalue weighted by Crippen LogP contribution is -2.43. The van der Waals surface area contributed by atoms with Crippen LogP contribution in [0.4, 0.5) is 5.69 Å². The molecule has 1 heterocycles. The van der Waals surface area contributed by atoms with Crippen LogP contribution in [0.3, 0.4) is 0 Å². The van der Waals surface area contributed by atoms with Gasteiger partial charge in [-0.05, 0) is 26.2 Å². The normalized spacial score (nSPS) is 23.5. The van der Waals surface area contributed by atoms with Crippen molar-refractivity contribution in [1.29, 1.82) is 0 Å². The summed E-state index contributed by atoms with van der Waals surface area (Å²) < 4.78 is 0. The maximum Gasteiger partial charge on any atom is 0.244 e. The molecular formula is C14H20N2O. The number of carbonyl (C=O) groups is 1. The summed E-state index contributed by atoms with van der Waals surface area (Å²) in [6.45, 7) is 5.08. The predicted octanol–water partition coefficient (Wildman–Crippen LogP) is 1.99. The van der Waals surface area contributed by atoms with Crippen molar-refractivity contribution in [1.82, 2.24) is 4.90 Å². The average Bonchev–Trinajstić information content (AvgIpc) is 2.50. The van der Waals surface area contributed by atoms with Gasteiger partial charge in [0, 0.05) is 17.6 Å². The molecule has 0 aliphatic carbocycles. The van der Waals surface area contributed by atoms with E-state index in [4.69, 9.17) is 0 Å². The summed E-state index contributed by atoms with van der Waals surface area (Å²) in [6, 6.07) is 9.86. The molecule has 0 bridgehead atoms. The van der Waals surface area contributed by atoms with Crippen LogP contribution < -0.4 is 4.90 Å². The highest BCUT2D eigenvalue weighted by Gasteiger charge is 2.47. The highest BCUT2D eigenvalue weighted by Crippen LogP contribution is 2.35. The van der Waals surface area contributed by atoms with Gasteiger partial charge >= 0.3 is 0 Å². The largest absolute Gasteiger partial charge is 0.310 e. The van der Waals surface area contributed by atoms with Gasteiger partial charge in [-0.1, -0.05) is 32.0 Å². The van der Waals surface area contributed by atoms with E-state index in [2.05, 4.69) is 13.8 Å². The Morgan fingerprint density at radius 1 is 1.24 bits per heavy atom. The Labute approximate surface area is 103 Å². The van der Waals surface area contributed by atoms with Gasteiger partial charge in [-0.25, -0.2) is 0 Å². The van der Waals surface area contributed by atoms with Crippen molar-refractivity contribution < 1.29 is 4.79 Å². The summed E-state index contributed by atoms with van der Waals surface area (Å²) in [7, 11) is 3.94. The van der Waals surface area contributed by atoms with E-state index in [0.29, 0.717) is 0 Å². The molecule has 1 aliphatic heterocycles. The highest BCUT2D eigenvalue weighted by atomic mass is 16.2. The zero-order valence-corrected chi connectivity index (χ0v) is 11.0. The number of benzene rings is 1. The molecule has 1 aromatic carbocycles. The molecule has 0 radical (unpaired) electrons. The molecule has 1 atom stereocenters. The van der Waals surface area contributed by atoms with E-state index >= 15 is 0 Å². The minimum Gasteiger partial charge on any atom is -0.310 e. The van der Waals surface area contributed by atoms with E-state index in [1.807, 2.05) is 54.2 Å². The monoisotopic (exact) mass is 232 g/mol. The fraction of sp³-hybridized carbons (Fsp3) is 0.500. The van der Waals surface area contributed by atoms with Gasteiger partial charge in [0.25, 0.3) is 0 Å². The number of likely N-dealkylation sites (N-methyl/N-ethyl adjacent to an activating group) is 1. The van der Waals surface area contributed by atoms with Crippen LogP contribution in [0.5, 0.6) is 0 Å². The standard InChI is InChI=1S/C14H20N2O/c1-14(2)10-16(11-8-6-5-7-9-11)13(17)12(14)15(3)4/h5-9,12H,10H2,1-4H3/t12-/m0/s1. The number of rotatable bonds is 2. The molecule has 1 fully saturated rings. The van der Waals surface area contributed by atoms with Gasteiger partial charge in [0.2, 0.25) is 5.91 Å². The zero-order chi connectivity index (χ0) is 12.6. The van der Waals surface area contributed by atoms with Crippen LogP contribution in [-0.2, 0) is 4.79 Å². The number of hydrogen-bond donors (Lipinski definition) is 0. The van der Waals surface area contributed by atoms with E-state index in [9.17, 15) is 4.79 Å². The van der Waals surface area contributed by atoms with Crippen molar-refractivity contribution >= 4 is 11.6 Å². The van der Waals surface area contributed by atoms with Gasteiger partial charge < -0.3 is 4.90 Å². The summed E-state index contributed by atoms with van der Waals surface area (Å²) in [5, 5.41) is 0. The van der Waals surface area contributed by atoms with Gasteiger partial charge in [-0.3, -0.25) is 9.69 Å².